The van der Waals surface area contributed by atoms with E-state index in [9.17, 15) is 30.3 Å². The van der Waals surface area contributed by atoms with Crippen molar-refractivity contribution in [1.29, 1.82) is 0 Å². The summed E-state index contributed by atoms with van der Waals surface area (Å²) in [6.45, 7) is -0.712. The van der Waals surface area contributed by atoms with Crippen LogP contribution < -0.4 is 34.0 Å². The molecule has 0 aromatic carbocycles. The van der Waals surface area contributed by atoms with Crippen molar-refractivity contribution < 1.29 is 49.3 Å². The van der Waals surface area contributed by atoms with Crippen molar-refractivity contribution in [3.63, 3.8) is 0 Å². The van der Waals surface area contributed by atoms with E-state index in [0.29, 0.717) is 12.8 Å². The number of aliphatic hydroxyl groups is 5. The lowest BCUT2D eigenvalue weighted by atomic mass is 9.83. The normalized spacial score (nSPS) is 45.8. The van der Waals surface area contributed by atoms with Crippen LogP contribution >= 0.6 is 0 Å². The maximum atomic E-state index is 12.4. The molecule has 16 heteroatoms. The van der Waals surface area contributed by atoms with Gasteiger partial charge in [0.05, 0.1) is 30.8 Å². The molecule has 2 saturated heterocycles. The summed E-state index contributed by atoms with van der Waals surface area (Å²) in [6, 6.07) is -3.56. The summed E-state index contributed by atoms with van der Waals surface area (Å²) in [4.78, 5) is 12.4. The lowest BCUT2D eigenvalue weighted by Crippen LogP contribution is -2.69. The van der Waals surface area contributed by atoms with E-state index in [2.05, 4.69) is 5.32 Å². The van der Waals surface area contributed by atoms with Crippen molar-refractivity contribution in [3.8, 4) is 0 Å². The van der Waals surface area contributed by atoms with Crippen LogP contribution in [0.3, 0.4) is 0 Å². The highest BCUT2D eigenvalue weighted by atomic mass is 16.7. The van der Waals surface area contributed by atoms with E-state index in [1.807, 2.05) is 0 Å². The predicted octanol–water partition coefficient (Wildman–Crippen LogP) is -6.79. The number of carbonyl (C=O) groups excluding carboxylic acids is 1. The highest BCUT2D eigenvalue weighted by Crippen LogP contribution is 2.31. The van der Waals surface area contributed by atoms with Crippen LogP contribution in [-0.2, 0) is 23.7 Å². The summed E-state index contributed by atoms with van der Waals surface area (Å²) < 4.78 is 23.2. The minimum atomic E-state index is -1.55. The Hall–Kier alpha value is -1.09. The number of hydrogen-bond donors (Lipinski definition) is 11. The highest BCUT2D eigenvalue weighted by molar-refractivity contribution is 5.81. The maximum absolute atomic E-state index is 12.4. The van der Waals surface area contributed by atoms with Crippen molar-refractivity contribution in [3.05, 3.63) is 0 Å². The van der Waals surface area contributed by atoms with Crippen molar-refractivity contribution in [2.75, 3.05) is 19.7 Å². The summed E-state index contributed by atoms with van der Waals surface area (Å²) in [6.07, 6.45) is -11.0. The van der Waals surface area contributed by atoms with Gasteiger partial charge in [0.2, 0.25) is 5.91 Å². The third kappa shape index (κ3) is 6.92. The van der Waals surface area contributed by atoms with Crippen LogP contribution in [0, 0.1) is 0 Å². The van der Waals surface area contributed by atoms with E-state index >= 15 is 0 Å². The number of amides is 1. The van der Waals surface area contributed by atoms with Gasteiger partial charge in [-0.05, 0) is 19.3 Å². The Morgan fingerprint density at radius 3 is 2.24 bits per heavy atom. The predicted molar refractivity (Wildman–Crippen MR) is 126 cm³/mol. The molecule has 1 saturated carbocycles. The van der Waals surface area contributed by atoms with Crippen LogP contribution in [0.25, 0.3) is 0 Å². The van der Waals surface area contributed by atoms with Crippen molar-refractivity contribution in [2.24, 2.45) is 28.7 Å². The molecule has 16 N–H and O–H groups in total. The van der Waals surface area contributed by atoms with Crippen LogP contribution in [0.15, 0.2) is 0 Å². The fourth-order valence-electron chi connectivity index (χ4n) is 4.84. The zero-order valence-electron chi connectivity index (χ0n) is 20.5. The van der Waals surface area contributed by atoms with Gasteiger partial charge in [0.15, 0.2) is 12.6 Å². The molecule has 0 bridgehead atoms. The van der Waals surface area contributed by atoms with Gasteiger partial charge in [0, 0.05) is 19.1 Å². The molecule has 2 aliphatic heterocycles. The van der Waals surface area contributed by atoms with E-state index in [1.54, 1.807) is 0 Å². The SMILES string of the molecule is NCC1CCC(N)[C@@H](OC2C(O)[C@@H](O[C@H]3OC(CO)[C@H](O)[C@H](N)C3O)[C@H](NC(=O)[C@@H](O)CN)C[C@@H]2N)O1. The molecule has 2 heterocycles. The van der Waals surface area contributed by atoms with Gasteiger partial charge >= 0.3 is 0 Å². The van der Waals surface area contributed by atoms with E-state index in [0.717, 1.165) is 0 Å². The Bertz CT molecular complexity index is 740. The quantitative estimate of drug-likeness (QED) is 0.130. The molecule has 1 aliphatic carbocycles. The molecular formula is C21H42N6O10. The van der Waals surface area contributed by atoms with Gasteiger partial charge in [-0.25, -0.2) is 0 Å². The van der Waals surface area contributed by atoms with E-state index in [-0.39, 0.29) is 25.6 Å². The fourth-order valence-corrected chi connectivity index (χ4v) is 4.84. The summed E-state index contributed by atoms with van der Waals surface area (Å²) >= 11 is 0. The Kier molecular flexibility index (Phi) is 11.0. The number of carbonyl (C=O) groups is 1. The zero-order valence-corrected chi connectivity index (χ0v) is 20.5. The molecule has 1 amide bonds. The van der Waals surface area contributed by atoms with Gasteiger partial charge in [0.1, 0.15) is 42.7 Å². The molecule has 0 radical (unpaired) electrons. The average molecular weight is 539 g/mol. The second-order valence-corrected chi connectivity index (χ2v) is 9.85. The second-order valence-electron chi connectivity index (χ2n) is 9.85. The largest absolute Gasteiger partial charge is 0.394 e. The number of nitrogens with two attached hydrogens (primary N) is 5. The monoisotopic (exact) mass is 538 g/mol. The number of hydrogen-bond acceptors (Lipinski definition) is 15. The standard InChI is InChI=1S/C21H42N6O10/c22-4-7-1-2-8(24)20(34-7)36-17-9(25)3-10(27-19(33)11(29)5-23)18(16(17)32)37-21-15(31)13(26)14(30)12(6-28)35-21/h7-18,20-21,28-32H,1-6,22-26H2,(H,27,33)/t7?,8?,9-,10+,11-,12?,13-,14-,15?,16?,17?,18-,20+,21+/m0/s1. The summed E-state index contributed by atoms with van der Waals surface area (Å²) in [5.74, 6) is -0.825. The summed E-state index contributed by atoms with van der Waals surface area (Å²) in [5.41, 5.74) is 29.4. The van der Waals surface area contributed by atoms with Crippen molar-refractivity contribution in [1.82, 2.24) is 5.32 Å². The molecule has 0 aromatic heterocycles. The van der Waals surface area contributed by atoms with Crippen molar-refractivity contribution in [2.45, 2.75) is 105 Å². The second kappa shape index (κ2) is 13.3. The van der Waals surface area contributed by atoms with Crippen LogP contribution in [0.1, 0.15) is 19.3 Å². The first-order valence-electron chi connectivity index (χ1n) is 12.4. The smallest absolute Gasteiger partial charge is 0.250 e. The molecule has 37 heavy (non-hydrogen) atoms. The Labute approximate surface area is 214 Å². The number of aliphatic hydroxyl groups excluding tert-OH is 5. The third-order valence-corrected chi connectivity index (χ3v) is 7.15. The summed E-state index contributed by atoms with van der Waals surface area (Å²) in [5, 5.41) is 53.9. The first kappa shape index (κ1) is 30.5. The van der Waals surface area contributed by atoms with Crippen LogP contribution in [0.2, 0.25) is 0 Å². The maximum Gasteiger partial charge on any atom is 0.250 e. The van der Waals surface area contributed by atoms with Crippen LogP contribution in [0.5, 0.6) is 0 Å². The molecule has 0 aromatic rings. The van der Waals surface area contributed by atoms with Gasteiger partial charge in [-0.2, -0.15) is 0 Å². The Morgan fingerprint density at radius 2 is 1.62 bits per heavy atom. The first-order chi connectivity index (χ1) is 17.5. The van der Waals surface area contributed by atoms with Crippen LogP contribution in [-0.4, -0.2) is 137 Å². The number of nitrogens with one attached hydrogen (secondary N) is 1. The van der Waals surface area contributed by atoms with Gasteiger partial charge in [-0.15, -0.1) is 0 Å². The number of rotatable bonds is 9. The fraction of sp³-hybridized carbons (Fsp3) is 0.952. The molecule has 3 fully saturated rings. The molecule has 0 spiro atoms. The van der Waals surface area contributed by atoms with Crippen LogP contribution in [0.4, 0.5) is 0 Å². The minimum Gasteiger partial charge on any atom is -0.394 e. The summed E-state index contributed by atoms with van der Waals surface area (Å²) in [7, 11) is 0. The molecule has 3 aliphatic rings. The first-order valence-corrected chi connectivity index (χ1v) is 12.4. The zero-order chi connectivity index (χ0) is 27.4. The highest BCUT2D eigenvalue weighted by Gasteiger charge is 2.51. The molecule has 216 valence electrons. The molecule has 16 nitrogen and oxygen atoms in total. The van der Waals surface area contributed by atoms with E-state index in [1.165, 1.54) is 0 Å². The van der Waals surface area contributed by atoms with Gasteiger partial charge in [-0.3, -0.25) is 4.79 Å². The molecular weight excluding hydrogens is 496 g/mol. The van der Waals surface area contributed by atoms with Gasteiger partial charge in [-0.1, -0.05) is 0 Å². The topological polar surface area (TPSA) is 297 Å². The van der Waals surface area contributed by atoms with Gasteiger partial charge < -0.3 is 78.5 Å². The number of ether oxygens (including phenoxy) is 4. The molecule has 14 atom stereocenters. The third-order valence-electron chi connectivity index (χ3n) is 7.15. The average Bonchev–Trinajstić information content (AvgIpc) is 2.88. The molecule has 6 unspecified atom stereocenters. The lowest BCUT2D eigenvalue weighted by Gasteiger charge is -2.48. The van der Waals surface area contributed by atoms with E-state index in [4.69, 9.17) is 47.6 Å². The Balaban J connectivity index is 1.82. The van der Waals surface area contributed by atoms with E-state index < -0.39 is 92.0 Å². The molecule has 3 rings (SSSR count). The van der Waals surface area contributed by atoms with Gasteiger partial charge in [0.25, 0.3) is 0 Å². The lowest BCUT2D eigenvalue weighted by molar-refractivity contribution is -0.314. The Morgan fingerprint density at radius 1 is 0.946 bits per heavy atom. The minimum absolute atomic E-state index is 0.0125. The van der Waals surface area contributed by atoms with Crippen molar-refractivity contribution >= 4 is 5.91 Å².